The molecule has 1 aromatic heterocycles. The Bertz CT molecular complexity index is 608. The lowest BCUT2D eigenvalue weighted by Crippen LogP contribution is -2.07. The molecular formula is C15H19N3O3. The average molecular weight is 289 g/mol. The van der Waals surface area contributed by atoms with E-state index in [9.17, 15) is 4.79 Å². The maximum Gasteiger partial charge on any atom is 0.361 e. The number of rotatable bonds is 6. The molecule has 0 amide bonds. The van der Waals surface area contributed by atoms with Gasteiger partial charge in [0.15, 0.2) is 5.69 Å². The molecule has 0 saturated heterocycles. The average Bonchev–Trinajstić information content (AvgIpc) is 2.95. The molecule has 0 aliphatic rings. The van der Waals surface area contributed by atoms with Crippen molar-refractivity contribution in [2.45, 2.75) is 33.5 Å². The Balaban J connectivity index is 2.24. The molecule has 1 heterocycles. The van der Waals surface area contributed by atoms with Gasteiger partial charge in [-0.1, -0.05) is 18.2 Å². The fourth-order valence-corrected chi connectivity index (χ4v) is 1.85. The summed E-state index contributed by atoms with van der Waals surface area (Å²) in [5.41, 5.74) is 2.49. The smallest absolute Gasteiger partial charge is 0.361 e. The molecular weight excluding hydrogens is 270 g/mol. The molecule has 0 aliphatic heterocycles. The number of aromatic nitrogens is 3. The number of nitrogens with zero attached hydrogens (tertiary/aromatic N) is 2. The third-order valence-corrected chi connectivity index (χ3v) is 2.80. The third-order valence-electron chi connectivity index (χ3n) is 2.80. The number of hydrogen-bond donors (Lipinski definition) is 1. The first-order chi connectivity index (χ1) is 10.1. The molecule has 1 aromatic carbocycles. The number of esters is 1. The van der Waals surface area contributed by atoms with E-state index in [2.05, 4.69) is 15.4 Å². The van der Waals surface area contributed by atoms with Crippen molar-refractivity contribution in [2.24, 2.45) is 0 Å². The summed E-state index contributed by atoms with van der Waals surface area (Å²) in [5, 5.41) is 10.4. The van der Waals surface area contributed by atoms with Crippen molar-refractivity contribution in [1.29, 1.82) is 0 Å². The van der Waals surface area contributed by atoms with E-state index in [1.165, 1.54) is 0 Å². The molecule has 0 atom stereocenters. The Kier molecular flexibility index (Phi) is 5.05. The highest BCUT2D eigenvalue weighted by molar-refractivity contribution is 5.93. The lowest BCUT2D eigenvalue weighted by Gasteiger charge is -2.08. The van der Waals surface area contributed by atoms with Crippen molar-refractivity contribution in [2.75, 3.05) is 6.61 Å². The van der Waals surface area contributed by atoms with E-state index in [-0.39, 0.29) is 11.8 Å². The van der Waals surface area contributed by atoms with Gasteiger partial charge in [0.05, 0.1) is 19.3 Å². The van der Waals surface area contributed by atoms with E-state index in [0.29, 0.717) is 18.9 Å². The maximum atomic E-state index is 11.8. The van der Waals surface area contributed by atoms with E-state index >= 15 is 0 Å². The highest BCUT2D eigenvalue weighted by atomic mass is 16.5. The summed E-state index contributed by atoms with van der Waals surface area (Å²) in [4.78, 5) is 11.8. The number of carbonyl (C=O) groups is 1. The van der Waals surface area contributed by atoms with Crippen LogP contribution < -0.4 is 0 Å². The van der Waals surface area contributed by atoms with Crippen LogP contribution in [0.25, 0.3) is 11.3 Å². The quantitative estimate of drug-likeness (QED) is 0.827. The van der Waals surface area contributed by atoms with Crippen molar-refractivity contribution in [3.8, 4) is 11.3 Å². The van der Waals surface area contributed by atoms with Gasteiger partial charge in [-0.05, 0) is 32.4 Å². The summed E-state index contributed by atoms with van der Waals surface area (Å²) >= 11 is 0. The molecule has 2 rings (SSSR count). The predicted octanol–water partition coefficient (Wildman–Crippen LogP) is 2.57. The fourth-order valence-electron chi connectivity index (χ4n) is 1.85. The molecule has 1 N–H and O–H groups in total. The summed E-state index contributed by atoms with van der Waals surface area (Å²) in [7, 11) is 0. The van der Waals surface area contributed by atoms with Crippen LogP contribution in [0.1, 0.15) is 36.8 Å². The van der Waals surface area contributed by atoms with Crippen LogP contribution in [0.5, 0.6) is 0 Å². The second-order valence-corrected chi connectivity index (χ2v) is 4.80. The van der Waals surface area contributed by atoms with Crippen LogP contribution in [0.2, 0.25) is 0 Å². The first-order valence-electron chi connectivity index (χ1n) is 6.90. The van der Waals surface area contributed by atoms with E-state index in [0.717, 1.165) is 11.1 Å². The Morgan fingerprint density at radius 3 is 2.86 bits per heavy atom. The number of ether oxygens (including phenoxy) is 2. The standard InChI is InChI=1S/C15H19N3O3/c1-4-20-15(19)14-13(16-18-17-14)12-7-5-6-11(8-12)9-21-10(2)3/h5-8,10H,4,9H2,1-3H3,(H,16,17,18). The predicted molar refractivity (Wildman–Crippen MR) is 77.7 cm³/mol. The van der Waals surface area contributed by atoms with Crippen LogP contribution in [-0.2, 0) is 16.1 Å². The molecule has 0 saturated carbocycles. The number of nitrogens with one attached hydrogen (secondary N) is 1. The zero-order chi connectivity index (χ0) is 15.2. The number of aromatic amines is 1. The van der Waals surface area contributed by atoms with Crippen molar-refractivity contribution in [3.63, 3.8) is 0 Å². The molecule has 21 heavy (non-hydrogen) atoms. The summed E-state index contributed by atoms with van der Waals surface area (Å²) in [6, 6.07) is 7.68. The highest BCUT2D eigenvalue weighted by Crippen LogP contribution is 2.22. The lowest BCUT2D eigenvalue weighted by atomic mass is 10.1. The van der Waals surface area contributed by atoms with Crippen molar-refractivity contribution < 1.29 is 14.3 Å². The molecule has 0 fully saturated rings. The first kappa shape index (κ1) is 15.2. The Morgan fingerprint density at radius 1 is 1.33 bits per heavy atom. The largest absolute Gasteiger partial charge is 0.461 e. The number of hydrogen-bond acceptors (Lipinski definition) is 5. The van der Waals surface area contributed by atoms with E-state index in [4.69, 9.17) is 9.47 Å². The van der Waals surface area contributed by atoms with E-state index in [1.54, 1.807) is 6.92 Å². The Hall–Kier alpha value is -2.21. The van der Waals surface area contributed by atoms with Crippen LogP contribution >= 0.6 is 0 Å². The van der Waals surface area contributed by atoms with Crippen LogP contribution in [0.3, 0.4) is 0 Å². The van der Waals surface area contributed by atoms with Crippen LogP contribution in [0.15, 0.2) is 24.3 Å². The molecule has 0 spiro atoms. The molecule has 0 radical (unpaired) electrons. The van der Waals surface area contributed by atoms with Gasteiger partial charge in [-0.3, -0.25) is 0 Å². The maximum absolute atomic E-state index is 11.8. The minimum absolute atomic E-state index is 0.163. The zero-order valence-electron chi connectivity index (χ0n) is 12.4. The topological polar surface area (TPSA) is 77.1 Å². The molecule has 0 bridgehead atoms. The second kappa shape index (κ2) is 6.99. The number of benzene rings is 1. The van der Waals surface area contributed by atoms with E-state index < -0.39 is 5.97 Å². The second-order valence-electron chi connectivity index (χ2n) is 4.80. The van der Waals surface area contributed by atoms with Gasteiger partial charge in [-0.2, -0.15) is 10.3 Å². The van der Waals surface area contributed by atoms with Gasteiger partial charge in [0.2, 0.25) is 0 Å². The number of H-pyrrole nitrogens is 1. The minimum atomic E-state index is -0.481. The van der Waals surface area contributed by atoms with Gasteiger partial charge in [0.1, 0.15) is 5.69 Å². The van der Waals surface area contributed by atoms with Gasteiger partial charge in [-0.15, -0.1) is 5.10 Å². The van der Waals surface area contributed by atoms with Gasteiger partial charge >= 0.3 is 5.97 Å². The third kappa shape index (κ3) is 3.88. The Morgan fingerprint density at radius 2 is 2.14 bits per heavy atom. The van der Waals surface area contributed by atoms with Crippen LogP contribution in [0, 0.1) is 0 Å². The number of carbonyl (C=O) groups excluding carboxylic acids is 1. The van der Waals surface area contributed by atoms with Gasteiger partial charge in [0.25, 0.3) is 0 Å². The highest BCUT2D eigenvalue weighted by Gasteiger charge is 2.19. The summed E-state index contributed by atoms with van der Waals surface area (Å²) in [6.07, 6.45) is 0.163. The van der Waals surface area contributed by atoms with Crippen molar-refractivity contribution >= 4 is 5.97 Å². The molecule has 112 valence electrons. The first-order valence-corrected chi connectivity index (χ1v) is 6.90. The normalized spacial score (nSPS) is 10.9. The molecule has 2 aromatic rings. The van der Waals surface area contributed by atoms with Gasteiger partial charge < -0.3 is 9.47 Å². The monoisotopic (exact) mass is 289 g/mol. The molecule has 6 nitrogen and oxygen atoms in total. The molecule has 0 aliphatic carbocycles. The Labute approximate surface area is 123 Å². The van der Waals surface area contributed by atoms with Gasteiger partial charge in [0, 0.05) is 5.56 Å². The minimum Gasteiger partial charge on any atom is -0.461 e. The SMILES string of the molecule is CCOC(=O)c1n[nH]nc1-c1cccc(COC(C)C)c1. The van der Waals surface area contributed by atoms with Crippen molar-refractivity contribution in [3.05, 3.63) is 35.5 Å². The molecule has 6 heteroatoms. The van der Waals surface area contributed by atoms with Crippen LogP contribution in [0.4, 0.5) is 0 Å². The summed E-state index contributed by atoms with van der Waals surface area (Å²) in [6.45, 7) is 6.54. The summed E-state index contributed by atoms with van der Waals surface area (Å²) in [5.74, 6) is -0.481. The lowest BCUT2D eigenvalue weighted by molar-refractivity contribution is 0.0520. The summed E-state index contributed by atoms with van der Waals surface area (Å²) < 4.78 is 10.6. The van der Waals surface area contributed by atoms with Gasteiger partial charge in [-0.25, -0.2) is 4.79 Å². The van der Waals surface area contributed by atoms with Crippen LogP contribution in [-0.4, -0.2) is 34.1 Å². The van der Waals surface area contributed by atoms with Crippen molar-refractivity contribution in [1.82, 2.24) is 15.4 Å². The fraction of sp³-hybridized carbons (Fsp3) is 0.400. The van der Waals surface area contributed by atoms with E-state index in [1.807, 2.05) is 38.1 Å². The molecule has 0 unspecified atom stereocenters. The zero-order valence-corrected chi connectivity index (χ0v) is 12.4.